The van der Waals surface area contributed by atoms with Gasteiger partial charge in [-0.25, -0.2) is 4.79 Å². The van der Waals surface area contributed by atoms with Crippen molar-refractivity contribution in [2.45, 2.75) is 26.9 Å². The minimum absolute atomic E-state index is 0.223. The quantitative estimate of drug-likeness (QED) is 0.466. The second-order valence-corrected chi connectivity index (χ2v) is 8.87. The third-order valence-electron chi connectivity index (χ3n) is 6.37. The Kier molecular flexibility index (Phi) is 7.24. The maximum atomic E-state index is 13.1. The summed E-state index contributed by atoms with van der Waals surface area (Å²) in [6, 6.07) is 11.4. The van der Waals surface area contributed by atoms with Crippen molar-refractivity contribution < 1.29 is 9.59 Å². The molecule has 1 saturated heterocycles. The summed E-state index contributed by atoms with van der Waals surface area (Å²) in [6.07, 6.45) is 0. The summed E-state index contributed by atoms with van der Waals surface area (Å²) < 4.78 is 2.68. The average Bonchev–Trinajstić information content (AvgIpc) is 3.36. The van der Waals surface area contributed by atoms with E-state index in [-0.39, 0.29) is 29.1 Å². The summed E-state index contributed by atoms with van der Waals surface area (Å²) >= 11 is 6.05. The molecule has 2 amide bonds. The molecule has 3 aromatic rings. The third-order valence-corrected chi connectivity index (χ3v) is 6.68. The first-order valence-corrected chi connectivity index (χ1v) is 12.0. The number of carbonyl (C=O) groups is 2. The van der Waals surface area contributed by atoms with E-state index in [1.807, 2.05) is 13.0 Å². The van der Waals surface area contributed by atoms with Crippen molar-refractivity contribution in [2.24, 2.45) is 11.8 Å². The summed E-state index contributed by atoms with van der Waals surface area (Å²) in [5.41, 5.74) is 0.836. The second-order valence-electron chi connectivity index (χ2n) is 8.46. The average molecular weight is 509 g/mol. The van der Waals surface area contributed by atoms with Gasteiger partial charge in [0, 0.05) is 37.6 Å². The monoisotopic (exact) mass is 508 g/mol. The lowest BCUT2D eigenvalue weighted by molar-refractivity contribution is -0.127. The van der Waals surface area contributed by atoms with Gasteiger partial charge < -0.3 is 16.0 Å². The molecule has 1 aliphatic rings. The fourth-order valence-electron chi connectivity index (χ4n) is 4.47. The standard InChI is InChI=1S/C25H25ClN6O4/c1-3-31-21-8-7-15(9-17(21)24(35)32(4-2)25(31)36)29-22(33)18-12-28-13-19(18)23(34)30-16-6-5-14(11-27)20(26)10-16/h5-10,18-19,28H,3-4,12-13H2,1-2H3,(H,29,33)(H,30,34)/t18-,19+/m0/s1. The van der Waals surface area contributed by atoms with Gasteiger partial charge >= 0.3 is 5.69 Å². The molecule has 3 N–H and O–H groups in total. The third kappa shape index (κ3) is 4.63. The first-order chi connectivity index (χ1) is 17.3. The van der Waals surface area contributed by atoms with Crippen molar-refractivity contribution in [3.63, 3.8) is 0 Å². The Bertz CT molecular complexity index is 1520. The zero-order chi connectivity index (χ0) is 26.0. The van der Waals surface area contributed by atoms with Crippen molar-refractivity contribution in [2.75, 3.05) is 23.7 Å². The van der Waals surface area contributed by atoms with Crippen LogP contribution in [0.1, 0.15) is 19.4 Å². The normalized spacial score (nSPS) is 17.1. The molecule has 186 valence electrons. The summed E-state index contributed by atoms with van der Waals surface area (Å²) in [5, 5.41) is 18.2. The van der Waals surface area contributed by atoms with Crippen molar-refractivity contribution in [3.05, 3.63) is 67.8 Å². The number of aromatic nitrogens is 2. The Morgan fingerprint density at radius 1 is 1.00 bits per heavy atom. The first-order valence-electron chi connectivity index (χ1n) is 11.6. The molecule has 2 atom stereocenters. The van der Waals surface area contributed by atoms with E-state index in [2.05, 4.69) is 16.0 Å². The van der Waals surface area contributed by atoms with Gasteiger partial charge in [-0.05, 0) is 50.2 Å². The maximum Gasteiger partial charge on any atom is 0.331 e. The number of benzene rings is 2. The Labute approximate surface area is 211 Å². The van der Waals surface area contributed by atoms with Gasteiger partial charge in [0.05, 0.1) is 33.3 Å². The summed E-state index contributed by atoms with van der Waals surface area (Å²) in [6.45, 7) is 4.81. The zero-order valence-electron chi connectivity index (χ0n) is 19.8. The van der Waals surface area contributed by atoms with Gasteiger partial charge in [0.1, 0.15) is 6.07 Å². The number of hydrogen-bond acceptors (Lipinski definition) is 6. The van der Waals surface area contributed by atoms with Crippen LogP contribution in [0.5, 0.6) is 0 Å². The highest BCUT2D eigenvalue weighted by Crippen LogP contribution is 2.25. The fourth-order valence-corrected chi connectivity index (χ4v) is 4.69. The molecule has 2 heterocycles. The summed E-state index contributed by atoms with van der Waals surface area (Å²) in [7, 11) is 0. The van der Waals surface area contributed by atoms with Gasteiger partial charge in [0.15, 0.2) is 0 Å². The van der Waals surface area contributed by atoms with Crippen LogP contribution >= 0.6 is 11.6 Å². The Morgan fingerprint density at radius 2 is 1.58 bits per heavy atom. The van der Waals surface area contributed by atoms with Crippen LogP contribution in [0, 0.1) is 23.2 Å². The number of fused-ring (bicyclic) bond motifs is 1. The van der Waals surface area contributed by atoms with E-state index in [0.29, 0.717) is 47.5 Å². The van der Waals surface area contributed by atoms with Crippen LogP contribution in [0.15, 0.2) is 46.0 Å². The lowest BCUT2D eigenvalue weighted by Gasteiger charge is -2.18. The summed E-state index contributed by atoms with van der Waals surface area (Å²) in [4.78, 5) is 51.5. The summed E-state index contributed by atoms with van der Waals surface area (Å²) in [5.74, 6) is -2.00. The molecule has 11 heteroatoms. The highest BCUT2D eigenvalue weighted by Gasteiger charge is 2.38. The molecule has 0 unspecified atom stereocenters. The number of amides is 2. The predicted molar refractivity (Wildman–Crippen MR) is 137 cm³/mol. The van der Waals surface area contributed by atoms with Gasteiger partial charge in [-0.15, -0.1) is 0 Å². The Balaban J connectivity index is 1.55. The van der Waals surface area contributed by atoms with Gasteiger partial charge in [-0.3, -0.25) is 23.5 Å². The molecule has 10 nitrogen and oxygen atoms in total. The van der Waals surface area contributed by atoms with Gasteiger partial charge in [0.25, 0.3) is 5.56 Å². The molecule has 1 aromatic heterocycles. The number of carbonyl (C=O) groups excluding carboxylic acids is 2. The molecule has 1 aliphatic heterocycles. The molecule has 4 rings (SSSR count). The Hall–Kier alpha value is -3.94. The van der Waals surface area contributed by atoms with Crippen molar-refractivity contribution in [3.8, 4) is 6.07 Å². The van der Waals surface area contributed by atoms with Crippen LogP contribution in [-0.2, 0) is 22.7 Å². The number of rotatable bonds is 6. The highest BCUT2D eigenvalue weighted by atomic mass is 35.5. The van der Waals surface area contributed by atoms with E-state index in [1.165, 1.54) is 16.7 Å². The Morgan fingerprint density at radius 3 is 2.14 bits per heavy atom. The molecule has 0 radical (unpaired) electrons. The van der Waals surface area contributed by atoms with E-state index in [0.717, 1.165) is 4.57 Å². The lowest BCUT2D eigenvalue weighted by atomic mass is 9.94. The fraction of sp³-hybridized carbons (Fsp3) is 0.320. The van der Waals surface area contributed by atoms with Crippen molar-refractivity contribution in [1.82, 2.24) is 14.5 Å². The van der Waals surface area contributed by atoms with Crippen LogP contribution in [0.4, 0.5) is 11.4 Å². The van der Waals surface area contributed by atoms with E-state index in [1.54, 1.807) is 31.2 Å². The van der Waals surface area contributed by atoms with Gasteiger partial charge in [0.2, 0.25) is 11.8 Å². The number of nitrogens with one attached hydrogen (secondary N) is 3. The minimum Gasteiger partial charge on any atom is -0.326 e. The highest BCUT2D eigenvalue weighted by molar-refractivity contribution is 6.32. The zero-order valence-corrected chi connectivity index (χ0v) is 20.6. The van der Waals surface area contributed by atoms with Crippen molar-refractivity contribution >= 4 is 45.7 Å². The van der Waals surface area contributed by atoms with E-state index < -0.39 is 17.4 Å². The van der Waals surface area contributed by atoms with Crippen LogP contribution in [0.25, 0.3) is 10.9 Å². The van der Waals surface area contributed by atoms with E-state index in [9.17, 15) is 19.2 Å². The minimum atomic E-state index is -0.647. The van der Waals surface area contributed by atoms with Gasteiger partial charge in [-0.2, -0.15) is 5.26 Å². The molecule has 36 heavy (non-hydrogen) atoms. The molecule has 1 fully saturated rings. The molecule has 0 saturated carbocycles. The SMILES string of the molecule is CCn1c(=O)c2cc(NC(=O)[C@H]3CNC[C@H]3C(=O)Nc3ccc(C#N)c(Cl)c3)ccc2n(CC)c1=O. The smallest absolute Gasteiger partial charge is 0.326 e. The number of hydrogen-bond donors (Lipinski definition) is 3. The number of nitriles is 1. The largest absolute Gasteiger partial charge is 0.331 e. The van der Waals surface area contributed by atoms with Crippen LogP contribution in [0.2, 0.25) is 5.02 Å². The number of aryl methyl sites for hydroxylation is 1. The maximum absolute atomic E-state index is 13.1. The van der Waals surface area contributed by atoms with Crippen LogP contribution in [0.3, 0.4) is 0 Å². The molecular weight excluding hydrogens is 484 g/mol. The first kappa shape index (κ1) is 25.2. The molecule has 0 bridgehead atoms. The van der Waals surface area contributed by atoms with E-state index in [4.69, 9.17) is 16.9 Å². The molecular formula is C25H25ClN6O4. The molecule has 2 aromatic carbocycles. The number of anilines is 2. The number of halogens is 1. The van der Waals surface area contributed by atoms with Gasteiger partial charge in [-0.1, -0.05) is 11.6 Å². The van der Waals surface area contributed by atoms with Crippen molar-refractivity contribution in [1.29, 1.82) is 5.26 Å². The lowest BCUT2D eigenvalue weighted by Crippen LogP contribution is -2.39. The van der Waals surface area contributed by atoms with Crippen LogP contribution in [-0.4, -0.2) is 34.0 Å². The van der Waals surface area contributed by atoms with Crippen LogP contribution < -0.4 is 27.2 Å². The number of nitrogens with zero attached hydrogens (tertiary/aromatic N) is 3. The predicted octanol–water partition coefficient (Wildman–Crippen LogP) is 2.14. The molecule has 0 aliphatic carbocycles. The molecule has 0 spiro atoms. The second kappa shape index (κ2) is 10.4. The van der Waals surface area contributed by atoms with E-state index >= 15 is 0 Å². The topological polar surface area (TPSA) is 138 Å².